The number of aliphatic hydroxyl groups excluding tert-OH is 1. The van der Waals surface area contributed by atoms with Gasteiger partial charge in [-0.2, -0.15) is 0 Å². The Balaban J connectivity index is 1.39. The van der Waals surface area contributed by atoms with Crippen molar-refractivity contribution in [2.75, 3.05) is 29.9 Å². The molecule has 9 heteroatoms. The maximum Gasteiger partial charge on any atom is 0.226 e. The van der Waals surface area contributed by atoms with E-state index in [2.05, 4.69) is 58.1 Å². The first-order valence-corrected chi connectivity index (χ1v) is 12.9. The summed E-state index contributed by atoms with van der Waals surface area (Å²) in [6.07, 6.45) is 2.31. The van der Waals surface area contributed by atoms with Crippen molar-refractivity contribution in [3.63, 3.8) is 0 Å². The summed E-state index contributed by atoms with van der Waals surface area (Å²) >= 11 is 6.14. The fourth-order valence-electron chi connectivity index (χ4n) is 5.82. The van der Waals surface area contributed by atoms with Crippen LogP contribution >= 0.6 is 11.6 Å². The van der Waals surface area contributed by atoms with Crippen LogP contribution in [0.2, 0.25) is 5.02 Å². The van der Waals surface area contributed by atoms with E-state index in [0.29, 0.717) is 29.8 Å². The molecule has 1 unspecified atom stereocenters. The van der Waals surface area contributed by atoms with Gasteiger partial charge in [0.25, 0.3) is 0 Å². The zero-order valence-electron chi connectivity index (χ0n) is 20.8. The lowest BCUT2D eigenvalue weighted by Crippen LogP contribution is -2.58. The van der Waals surface area contributed by atoms with Crippen LogP contribution in [0.4, 0.5) is 11.6 Å². The van der Waals surface area contributed by atoms with Gasteiger partial charge in [0.05, 0.1) is 6.04 Å². The zero-order chi connectivity index (χ0) is 24.9. The molecule has 0 bridgehead atoms. The molecule has 188 valence electrons. The van der Waals surface area contributed by atoms with Crippen LogP contribution in [0.5, 0.6) is 0 Å². The average molecular weight is 499 g/mol. The van der Waals surface area contributed by atoms with E-state index in [0.717, 1.165) is 36.5 Å². The highest BCUT2D eigenvalue weighted by molar-refractivity contribution is 6.30. The van der Waals surface area contributed by atoms with Crippen LogP contribution in [0.1, 0.15) is 63.5 Å². The largest absolute Gasteiger partial charge is 0.378 e. The minimum Gasteiger partial charge on any atom is -0.378 e. The molecule has 5 rings (SSSR count). The Morgan fingerprint density at radius 1 is 1.26 bits per heavy atom. The zero-order valence-corrected chi connectivity index (χ0v) is 21.6. The van der Waals surface area contributed by atoms with Gasteiger partial charge in [0, 0.05) is 54.1 Å². The summed E-state index contributed by atoms with van der Waals surface area (Å²) in [7, 11) is 0. The number of piperazine rings is 1. The standard InChI is InChI=1S/C26H35ClN6O2/c1-15(2)28-13-19(17-5-7-18(27)8-6-17)25(35)33-10-9-32(20-12-26(20,33)4)24-22-16(3)11-21(34)31-23(22)29-14-30-24/h5-8,14-16,19-20,25,28,35H,9-13H2,1-4H3,(H,29,30,31,34)/t16-,19-,20-,25?,26-/m1/s1. The van der Waals surface area contributed by atoms with Crippen molar-refractivity contribution in [1.82, 2.24) is 20.2 Å². The summed E-state index contributed by atoms with van der Waals surface area (Å²) in [6, 6.07) is 8.39. The lowest BCUT2D eigenvalue weighted by atomic mass is 9.93. The van der Waals surface area contributed by atoms with Gasteiger partial charge in [-0.1, -0.05) is 44.5 Å². The van der Waals surface area contributed by atoms with Crippen LogP contribution in [-0.2, 0) is 4.79 Å². The molecule has 3 N–H and O–H groups in total. The van der Waals surface area contributed by atoms with Crippen molar-refractivity contribution < 1.29 is 9.90 Å². The van der Waals surface area contributed by atoms with Crippen LogP contribution in [0.25, 0.3) is 0 Å². The normalized spacial score (nSPS) is 27.7. The Morgan fingerprint density at radius 2 is 2.00 bits per heavy atom. The third-order valence-corrected chi connectivity index (χ3v) is 8.13. The van der Waals surface area contributed by atoms with E-state index in [1.165, 1.54) is 0 Å². The molecule has 5 atom stereocenters. The lowest BCUT2D eigenvalue weighted by molar-refractivity contribution is -0.116. The average Bonchev–Trinajstić information content (AvgIpc) is 3.51. The van der Waals surface area contributed by atoms with Gasteiger partial charge >= 0.3 is 0 Å². The summed E-state index contributed by atoms with van der Waals surface area (Å²) in [6.45, 7) is 10.7. The summed E-state index contributed by atoms with van der Waals surface area (Å²) in [4.78, 5) is 25.7. The first kappa shape index (κ1) is 24.4. The van der Waals surface area contributed by atoms with Crippen molar-refractivity contribution in [1.29, 1.82) is 0 Å². The molecule has 3 heterocycles. The molecule has 0 radical (unpaired) electrons. The molecule has 1 amide bonds. The number of halogens is 1. The number of amides is 1. The molecule has 1 saturated heterocycles. The predicted octanol–water partition coefficient (Wildman–Crippen LogP) is 3.33. The highest BCUT2D eigenvalue weighted by Gasteiger charge is 2.62. The molecule has 1 aromatic carbocycles. The number of rotatable bonds is 7. The molecule has 1 aliphatic carbocycles. The lowest BCUT2D eigenvalue weighted by Gasteiger charge is -2.45. The number of aromatic nitrogens is 2. The van der Waals surface area contributed by atoms with Gasteiger partial charge in [-0.05, 0) is 37.0 Å². The molecule has 35 heavy (non-hydrogen) atoms. The number of hydrogen-bond acceptors (Lipinski definition) is 7. The number of nitrogens with zero attached hydrogens (tertiary/aromatic N) is 4. The first-order valence-electron chi connectivity index (χ1n) is 12.5. The topological polar surface area (TPSA) is 93.6 Å². The van der Waals surface area contributed by atoms with Crippen molar-refractivity contribution >= 4 is 29.1 Å². The molecule has 2 aromatic rings. The predicted molar refractivity (Wildman–Crippen MR) is 138 cm³/mol. The summed E-state index contributed by atoms with van der Waals surface area (Å²) in [5.74, 6) is 1.54. The maximum absolute atomic E-state index is 12.0. The third kappa shape index (κ3) is 4.53. The number of anilines is 2. The third-order valence-electron chi connectivity index (χ3n) is 7.88. The van der Waals surface area contributed by atoms with E-state index in [4.69, 9.17) is 11.6 Å². The fraction of sp³-hybridized carbons (Fsp3) is 0.577. The highest BCUT2D eigenvalue weighted by atomic mass is 35.5. The van der Waals surface area contributed by atoms with E-state index in [1.807, 2.05) is 24.3 Å². The number of hydrogen-bond donors (Lipinski definition) is 3. The molecular formula is C26H35ClN6O2. The van der Waals surface area contributed by atoms with Gasteiger partial charge in [-0.15, -0.1) is 0 Å². The molecule has 0 spiro atoms. The van der Waals surface area contributed by atoms with Crippen molar-refractivity contribution in [3.8, 4) is 0 Å². The van der Waals surface area contributed by atoms with Gasteiger partial charge in [0.15, 0.2) is 0 Å². The number of carbonyl (C=O) groups excluding carboxylic acids is 1. The molecule has 2 aliphatic heterocycles. The quantitative estimate of drug-likeness (QED) is 0.539. The minimum atomic E-state index is -0.628. The van der Waals surface area contributed by atoms with Gasteiger partial charge in [0.2, 0.25) is 5.91 Å². The van der Waals surface area contributed by atoms with E-state index in [-0.39, 0.29) is 29.3 Å². The van der Waals surface area contributed by atoms with Gasteiger partial charge < -0.3 is 20.6 Å². The van der Waals surface area contributed by atoms with Crippen LogP contribution < -0.4 is 15.5 Å². The number of carbonyl (C=O) groups is 1. The first-order chi connectivity index (χ1) is 16.7. The Hall–Kier alpha value is -2.26. The second-order valence-electron chi connectivity index (χ2n) is 10.7. The SMILES string of the molecule is CC(C)NC[C@H](c1ccc(Cl)cc1)C(O)N1CCN(c2ncnc3c2[C@H](C)CC(=O)N3)[C@@H]2C[C@]21C. The molecule has 1 saturated carbocycles. The molecule has 2 fully saturated rings. The Bertz CT molecular complexity index is 1100. The van der Waals surface area contributed by atoms with E-state index in [9.17, 15) is 9.90 Å². The molecule has 3 aliphatic rings. The van der Waals surface area contributed by atoms with Crippen LogP contribution in [0.3, 0.4) is 0 Å². The number of nitrogens with one attached hydrogen (secondary N) is 2. The molecule has 1 aromatic heterocycles. The van der Waals surface area contributed by atoms with E-state index < -0.39 is 6.23 Å². The Kier molecular flexibility index (Phi) is 6.50. The van der Waals surface area contributed by atoms with Crippen molar-refractivity contribution in [2.45, 2.75) is 76.2 Å². The van der Waals surface area contributed by atoms with Crippen LogP contribution in [-0.4, -0.2) is 69.4 Å². The minimum absolute atomic E-state index is 0.00194. The van der Waals surface area contributed by atoms with E-state index >= 15 is 0 Å². The van der Waals surface area contributed by atoms with Gasteiger partial charge in [-0.25, -0.2) is 9.97 Å². The van der Waals surface area contributed by atoms with Crippen molar-refractivity contribution in [3.05, 3.63) is 46.7 Å². The fourth-order valence-corrected chi connectivity index (χ4v) is 5.94. The molecular weight excluding hydrogens is 464 g/mol. The van der Waals surface area contributed by atoms with Gasteiger partial charge in [-0.3, -0.25) is 9.69 Å². The van der Waals surface area contributed by atoms with Crippen LogP contribution in [0.15, 0.2) is 30.6 Å². The maximum atomic E-state index is 12.0. The smallest absolute Gasteiger partial charge is 0.226 e. The Labute approximate surface area is 212 Å². The van der Waals surface area contributed by atoms with Crippen LogP contribution in [0, 0.1) is 0 Å². The number of benzene rings is 1. The van der Waals surface area contributed by atoms with Crippen molar-refractivity contribution in [2.24, 2.45) is 0 Å². The number of aliphatic hydroxyl groups is 1. The summed E-state index contributed by atoms with van der Waals surface area (Å²) in [5.41, 5.74) is 1.95. The second kappa shape index (κ2) is 9.32. The summed E-state index contributed by atoms with van der Waals surface area (Å²) < 4.78 is 0. The monoisotopic (exact) mass is 498 g/mol. The number of fused-ring (bicyclic) bond motifs is 2. The van der Waals surface area contributed by atoms with E-state index in [1.54, 1.807) is 6.33 Å². The Morgan fingerprint density at radius 3 is 2.71 bits per heavy atom. The summed E-state index contributed by atoms with van der Waals surface area (Å²) in [5, 5.41) is 18.8. The second-order valence-corrected chi connectivity index (χ2v) is 11.1. The highest BCUT2D eigenvalue weighted by Crippen LogP contribution is 2.52. The molecule has 8 nitrogen and oxygen atoms in total. The van der Waals surface area contributed by atoms with Gasteiger partial charge in [0.1, 0.15) is 24.2 Å².